The summed E-state index contributed by atoms with van der Waals surface area (Å²) >= 11 is 0. The maximum atomic E-state index is 12.3. The number of aliphatic hydroxyl groups excluding tert-OH is 1. The first-order valence-electron chi connectivity index (χ1n) is 6.52. The van der Waals surface area contributed by atoms with Crippen LogP contribution in [0.4, 0.5) is 5.69 Å². The van der Waals surface area contributed by atoms with Gasteiger partial charge in [-0.15, -0.1) is 0 Å². The molecule has 1 aromatic rings. The van der Waals surface area contributed by atoms with Crippen molar-refractivity contribution in [3.05, 3.63) is 30.3 Å². The number of aliphatic hydroxyl groups is 1. The van der Waals surface area contributed by atoms with E-state index in [1.165, 1.54) is 4.90 Å². The second-order valence-corrected chi connectivity index (χ2v) is 5.05. The minimum atomic E-state index is -0.707. The summed E-state index contributed by atoms with van der Waals surface area (Å²) in [6, 6.07) is 8.78. The van der Waals surface area contributed by atoms with Gasteiger partial charge in [0.1, 0.15) is 6.04 Å². The molecule has 0 spiro atoms. The Balaban J connectivity index is 2.02. The number of para-hydroxylation sites is 1. The fourth-order valence-corrected chi connectivity index (χ4v) is 2.43. The predicted octanol–water partition coefficient (Wildman–Crippen LogP) is -0.430. The van der Waals surface area contributed by atoms with Crippen LogP contribution in [0.1, 0.15) is 6.42 Å². The average Bonchev–Trinajstić information content (AvgIpc) is 2.82. The Morgan fingerprint density at radius 3 is 2.65 bits per heavy atom. The summed E-state index contributed by atoms with van der Waals surface area (Å²) in [5.41, 5.74) is 6.19. The van der Waals surface area contributed by atoms with Crippen molar-refractivity contribution in [1.29, 1.82) is 0 Å². The van der Waals surface area contributed by atoms with Gasteiger partial charge in [0.2, 0.25) is 11.8 Å². The Labute approximate surface area is 117 Å². The third-order valence-corrected chi connectivity index (χ3v) is 3.50. The van der Waals surface area contributed by atoms with Crippen molar-refractivity contribution in [3.8, 4) is 0 Å². The number of hydrogen-bond acceptors (Lipinski definition) is 4. The van der Waals surface area contributed by atoms with Crippen LogP contribution in [-0.2, 0) is 9.59 Å². The summed E-state index contributed by atoms with van der Waals surface area (Å²) in [7, 11) is 1.80. The zero-order valence-corrected chi connectivity index (χ0v) is 11.4. The summed E-state index contributed by atoms with van der Waals surface area (Å²) in [4.78, 5) is 26.7. The molecule has 6 nitrogen and oxygen atoms in total. The van der Waals surface area contributed by atoms with Crippen LogP contribution in [0, 0.1) is 0 Å². The second-order valence-electron chi connectivity index (χ2n) is 5.05. The van der Waals surface area contributed by atoms with Crippen molar-refractivity contribution in [3.63, 3.8) is 0 Å². The van der Waals surface area contributed by atoms with Gasteiger partial charge in [-0.2, -0.15) is 0 Å². The molecule has 2 atom stereocenters. The highest BCUT2D eigenvalue weighted by Crippen LogP contribution is 2.19. The molecule has 1 saturated heterocycles. The number of β-amino-alcohol motifs (C(OH)–C–C–N with tert-alkyl or cyclic N) is 1. The highest BCUT2D eigenvalue weighted by molar-refractivity contribution is 5.89. The van der Waals surface area contributed by atoms with E-state index in [4.69, 9.17) is 5.73 Å². The molecule has 1 aromatic carbocycles. The van der Waals surface area contributed by atoms with E-state index in [9.17, 15) is 14.7 Å². The van der Waals surface area contributed by atoms with Crippen molar-refractivity contribution in [1.82, 2.24) is 4.90 Å². The number of nitrogens with two attached hydrogens (primary N) is 1. The fraction of sp³-hybridized carbons (Fsp3) is 0.429. The lowest BCUT2D eigenvalue weighted by atomic mass is 10.2. The molecule has 0 aliphatic carbocycles. The zero-order valence-electron chi connectivity index (χ0n) is 11.4. The number of rotatable bonds is 4. The van der Waals surface area contributed by atoms with Crippen LogP contribution in [-0.4, -0.2) is 54.1 Å². The Morgan fingerprint density at radius 1 is 1.40 bits per heavy atom. The molecule has 1 aliphatic heterocycles. The third kappa shape index (κ3) is 3.08. The van der Waals surface area contributed by atoms with Gasteiger partial charge in [-0.05, 0) is 12.1 Å². The van der Waals surface area contributed by atoms with Gasteiger partial charge in [0.05, 0.1) is 12.6 Å². The topological polar surface area (TPSA) is 86.9 Å². The number of amides is 2. The largest absolute Gasteiger partial charge is 0.391 e. The number of carbonyl (C=O) groups is 2. The van der Waals surface area contributed by atoms with Crippen LogP contribution in [0.3, 0.4) is 0 Å². The molecule has 108 valence electrons. The molecule has 1 heterocycles. The first-order valence-corrected chi connectivity index (χ1v) is 6.52. The molecule has 0 saturated carbocycles. The lowest BCUT2D eigenvalue weighted by Crippen LogP contribution is -2.47. The summed E-state index contributed by atoms with van der Waals surface area (Å²) in [5.74, 6) is -0.783. The molecule has 3 N–H and O–H groups in total. The van der Waals surface area contributed by atoms with Gasteiger partial charge in [0.25, 0.3) is 0 Å². The fourth-order valence-electron chi connectivity index (χ4n) is 2.43. The average molecular weight is 277 g/mol. The van der Waals surface area contributed by atoms with Crippen molar-refractivity contribution >= 4 is 17.5 Å². The Hall–Kier alpha value is -2.08. The molecule has 1 aliphatic rings. The van der Waals surface area contributed by atoms with Gasteiger partial charge in [0.15, 0.2) is 0 Å². The maximum Gasteiger partial charge on any atom is 0.242 e. The van der Waals surface area contributed by atoms with E-state index < -0.39 is 18.1 Å². The normalized spacial score (nSPS) is 21.8. The maximum absolute atomic E-state index is 12.3. The quantitative estimate of drug-likeness (QED) is 0.782. The molecule has 2 amide bonds. The van der Waals surface area contributed by atoms with Gasteiger partial charge < -0.3 is 20.6 Å². The highest BCUT2D eigenvalue weighted by Gasteiger charge is 2.37. The van der Waals surface area contributed by atoms with E-state index in [1.807, 2.05) is 30.3 Å². The number of likely N-dealkylation sites (tertiary alicyclic amines) is 1. The van der Waals surface area contributed by atoms with E-state index in [1.54, 1.807) is 11.9 Å². The second kappa shape index (κ2) is 5.92. The van der Waals surface area contributed by atoms with Gasteiger partial charge in [-0.3, -0.25) is 9.59 Å². The molecule has 6 heteroatoms. The SMILES string of the molecule is CN(CC(=O)N1C[C@H](O)C[C@H]1C(N)=O)c1ccccc1. The van der Waals surface area contributed by atoms with Crippen LogP contribution < -0.4 is 10.6 Å². The Bertz CT molecular complexity index is 492. The van der Waals surface area contributed by atoms with E-state index in [2.05, 4.69) is 0 Å². The number of anilines is 1. The summed E-state index contributed by atoms with van der Waals surface area (Å²) in [6.45, 7) is 0.301. The number of benzene rings is 1. The minimum absolute atomic E-state index is 0.139. The molecule has 0 unspecified atom stereocenters. The van der Waals surface area contributed by atoms with E-state index in [-0.39, 0.29) is 25.4 Å². The van der Waals surface area contributed by atoms with Crippen LogP contribution in [0.25, 0.3) is 0 Å². The lowest BCUT2D eigenvalue weighted by Gasteiger charge is -2.26. The van der Waals surface area contributed by atoms with E-state index >= 15 is 0 Å². The Morgan fingerprint density at radius 2 is 2.05 bits per heavy atom. The van der Waals surface area contributed by atoms with Crippen LogP contribution in [0.2, 0.25) is 0 Å². The molecule has 0 bridgehead atoms. The first-order chi connectivity index (χ1) is 9.49. The Kier molecular flexibility index (Phi) is 4.24. The molecule has 2 rings (SSSR count). The van der Waals surface area contributed by atoms with Gasteiger partial charge in [-0.25, -0.2) is 0 Å². The highest BCUT2D eigenvalue weighted by atomic mass is 16.3. The number of carbonyl (C=O) groups excluding carboxylic acids is 2. The standard InChI is InChI=1S/C14H19N3O3/c1-16(10-5-3-2-4-6-10)9-13(19)17-8-11(18)7-12(17)14(15)20/h2-6,11-12,18H,7-9H2,1H3,(H2,15,20)/t11-,12+/m1/s1. The molecule has 1 fully saturated rings. The van der Waals surface area contributed by atoms with Crippen LogP contribution >= 0.6 is 0 Å². The lowest BCUT2D eigenvalue weighted by molar-refractivity contribution is -0.136. The zero-order chi connectivity index (χ0) is 14.7. The molecular weight excluding hydrogens is 258 g/mol. The molecule has 0 aromatic heterocycles. The van der Waals surface area contributed by atoms with Crippen LogP contribution in [0.15, 0.2) is 30.3 Å². The monoisotopic (exact) mass is 277 g/mol. The van der Waals surface area contributed by atoms with E-state index in [0.29, 0.717) is 0 Å². The predicted molar refractivity (Wildman–Crippen MR) is 75.0 cm³/mol. The summed E-state index contributed by atoms with van der Waals surface area (Å²) in [6.07, 6.45) is -0.464. The minimum Gasteiger partial charge on any atom is -0.391 e. The molecule has 20 heavy (non-hydrogen) atoms. The number of primary amides is 1. The summed E-state index contributed by atoms with van der Waals surface area (Å²) in [5, 5.41) is 9.60. The van der Waals surface area contributed by atoms with Gasteiger partial charge >= 0.3 is 0 Å². The molecule has 0 radical (unpaired) electrons. The number of likely N-dealkylation sites (N-methyl/N-ethyl adjacent to an activating group) is 1. The molecular formula is C14H19N3O3. The van der Waals surface area contributed by atoms with Crippen molar-refractivity contribution in [2.24, 2.45) is 5.73 Å². The first kappa shape index (κ1) is 14.3. The van der Waals surface area contributed by atoms with Crippen LogP contribution in [0.5, 0.6) is 0 Å². The number of nitrogens with zero attached hydrogens (tertiary/aromatic N) is 2. The van der Waals surface area contributed by atoms with Gasteiger partial charge in [-0.1, -0.05) is 18.2 Å². The number of hydrogen-bond donors (Lipinski definition) is 2. The third-order valence-electron chi connectivity index (χ3n) is 3.50. The van der Waals surface area contributed by atoms with Crippen molar-refractivity contribution in [2.75, 3.05) is 25.0 Å². The summed E-state index contributed by atoms with van der Waals surface area (Å²) < 4.78 is 0. The van der Waals surface area contributed by atoms with Crippen molar-refractivity contribution < 1.29 is 14.7 Å². The van der Waals surface area contributed by atoms with E-state index in [0.717, 1.165) is 5.69 Å². The smallest absolute Gasteiger partial charge is 0.242 e. The van der Waals surface area contributed by atoms with Crippen molar-refractivity contribution in [2.45, 2.75) is 18.6 Å². The van der Waals surface area contributed by atoms with Gasteiger partial charge in [0, 0.05) is 25.7 Å².